The minimum absolute atomic E-state index is 0.120. The summed E-state index contributed by atoms with van der Waals surface area (Å²) in [5, 5.41) is 0. The summed E-state index contributed by atoms with van der Waals surface area (Å²) in [7, 11) is 0. The van der Waals surface area contributed by atoms with Crippen molar-refractivity contribution in [3.63, 3.8) is 0 Å². The molecule has 1 saturated heterocycles. The minimum Gasteiger partial charge on any atom is -0.356 e. The van der Waals surface area contributed by atoms with E-state index in [-0.39, 0.29) is 5.41 Å². The zero-order valence-electron chi connectivity index (χ0n) is 13.8. The fourth-order valence-corrected chi connectivity index (χ4v) is 4.03. The molecule has 5 nitrogen and oxygen atoms in total. The van der Waals surface area contributed by atoms with Crippen LogP contribution in [-0.4, -0.2) is 33.0 Å². The van der Waals surface area contributed by atoms with Gasteiger partial charge < -0.3 is 4.90 Å². The molecule has 2 aliphatic rings. The van der Waals surface area contributed by atoms with Gasteiger partial charge >= 0.3 is 6.18 Å². The van der Waals surface area contributed by atoms with Crippen molar-refractivity contribution in [1.82, 2.24) is 19.9 Å². The predicted molar refractivity (Wildman–Crippen MR) is 85.2 cm³/mol. The van der Waals surface area contributed by atoms with E-state index < -0.39 is 11.9 Å². The molecule has 1 unspecified atom stereocenters. The molecule has 0 amide bonds. The summed E-state index contributed by atoms with van der Waals surface area (Å²) in [6.45, 7) is 3.19. The van der Waals surface area contributed by atoms with Crippen LogP contribution in [0.5, 0.6) is 0 Å². The van der Waals surface area contributed by atoms with Gasteiger partial charge in [-0.1, -0.05) is 0 Å². The standard InChI is InChI=1S/C17H18F3N5/c1-11-21-8-12-3-5-16(15(12)24-11)4-2-6-25(9-16)14-7-13(17(18,19)20)22-10-23-14/h7-8,10H,2-6,9H2,1H3. The second-order valence-corrected chi connectivity index (χ2v) is 6.86. The van der Waals surface area contributed by atoms with Crippen LogP contribution < -0.4 is 4.90 Å². The minimum atomic E-state index is -4.46. The number of aromatic nitrogens is 4. The number of aryl methyl sites for hydroxylation is 2. The van der Waals surface area contributed by atoms with Gasteiger partial charge in [-0.25, -0.2) is 19.9 Å². The van der Waals surface area contributed by atoms with Crippen LogP contribution in [0.2, 0.25) is 0 Å². The van der Waals surface area contributed by atoms with Gasteiger partial charge in [-0.05, 0) is 38.2 Å². The molecule has 1 aliphatic heterocycles. The number of anilines is 1. The Morgan fingerprint density at radius 3 is 2.80 bits per heavy atom. The van der Waals surface area contributed by atoms with E-state index in [2.05, 4.69) is 19.9 Å². The van der Waals surface area contributed by atoms with Crippen molar-refractivity contribution >= 4 is 5.82 Å². The molecule has 3 heterocycles. The Labute approximate surface area is 143 Å². The molecule has 2 aromatic rings. The molecule has 25 heavy (non-hydrogen) atoms. The van der Waals surface area contributed by atoms with Gasteiger partial charge in [-0.2, -0.15) is 13.2 Å². The number of hydrogen-bond donors (Lipinski definition) is 0. The van der Waals surface area contributed by atoms with Crippen molar-refractivity contribution in [2.75, 3.05) is 18.0 Å². The molecule has 8 heteroatoms. The number of nitrogens with zero attached hydrogens (tertiary/aromatic N) is 5. The summed E-state index contributed by atoms with van der Waals surface area (Å²) in [6.07, 6.45) is 2.18. The summed E-state index contributed by atoms with van der Waals surface area (Å²) in [5.74, 6) is 1.07. The van der Waals surface area contributed by atoms with Crippen molar-refractivity contribution in [3.05, 3.63) is 41.4 Å². The Balaban J connectivity index is 1.66. The molecule has 1 atom stereocenters. The fraction of sp³-hybridized carbons (Fsp3) is 0.529. The Hall–Kier alpha value is -2.25. The molecule has 1 fully saturated rings. The van der Waals surface area contributed by atoms with Crippen LogP contribution in [0.4, 0.5) is 19.0 Å². The van der Waals surface area contributed by atoms with Gasteiger partial charge in [0.2, 0.25) is 0 Å². The number of rotatable bonds is 1. The molecular weight excluding hydrogens is 331 g/mol. The highest BCUT2D eigenvalue weighted by atomic mass is 19.4. The number of fused-ring (bicyclic) bond motifs is 2. The topological polar surface area (TPSA) is 54.8 Å². The highest BCUT2D eigenvalue weighted by molar-refractivity contribution is 5.44. The second kappa shape index (κ2) is 5.64. The van der Waals surface area contributed by atoms with Gasteiger partial charge in [-0.15, -0.1) is 0 Å². The van der Waals surface area contributed by atoms with E-state index >= 15 is 0 Å². The van der Waals surface area contributed by atoms with Crippen LogP contribution >= 0.6 is 0 Å². The Kier molecular flexibility index (Phi) is 3.66. The van der Waals surface area contributed by atoms with E-state index in [0.29, 0.717) is 18.9 Å². The predicted octanol–water partition coefficient (Wildman–Crippen LogP) is 3.08. The summed E-state index contributed by atoms with van der Waals surface area (Å²) >= 11 is 0. The molecule has 0 bridgehead atoms. The summed E-state index contributed by atoms with van der Waals surface area (Å²) < 4.78 is 38.8. The molecule has 0 saturated carbocycles. The van der Waals surface area contributed by atoms with Crippen molar-refractivity contribution in [3.8, 4) is 0 Å². The van der Waals surface area contributed by atoms with Crippen LogP contribution in [0.3, 0.4) is 0 Å². The summed E-state index contributed by atoms with van der Waals surface area (Å²) in [6, 6.07) is 1.04. The lowest BCUT2D eigenvalue weighted by Crippen LogP contribution is -2.46. The van der Waals surface area contributed by atoms with Crippen molar-refractivity contribution in [2.24, 2.45) is 0 Å². The monoisotopic (exact) mass is 349 g/mol. The Morgan fingerprint density at radius 2 is 2.00 bits per heavy atom. The number of piperidine rings is 1. The van der Waals surface area contributed by atoms with Crippen LogP contribution in [0.15, 0.2) is 18.6 Å². The molecule has 132 valence electrons. The van der Waals surface area contributed by atoms with Gasteiger partial charge in [0.1, 0.15) is 23.7 Å². The molecule has 1 spiro atoms. The first kappa shape index (κ1) is 16.2. The van der Waals surface area contributed by atoms with E-state index in [0.717, 1.165) is 55.2 Å². The highest BCUT2D eigenvalue weighted by Crippen LogP contribution is 2.44. The van der Waals surface area contributed by atoms with E-state index in [4.69, 9.17) is 0 Å². The third-order valence-corrected chi connectivity index (χ3v) is 5.20. The highest BCUT2D eigenvalue weighted by Gasteiger charge is 2.44. The summed E-state index contributed by atoms with van der Waals surface area (Å²) in [4.78, 5) is 18.3. The zero-order valence-corrected chi connectivity index (χ0v) is 13.8. The van der Waals surface area contributed by atoms with Gasteiger partial charge in [0.05, 0.1) is 5.69 Å². The zero-order chi connectivity index (χ0) is 17.7. The van der Waals surface area contributed by atoms with Crippen LogP contribution in [0.25, 0.3) is 0 Å². The lowest BCUT2D eigenvalue weighted by atomic mass is 9.77. The van der Waals surface area contributed by atoms with E-state index in [1.807, 2.05) is 18.0 Å². The average Bonchev–Trinajstić information content (AvgIpc) is 2.92. The Bertz CT molecular complexity index is 803. The van der Waals surface area contributed by atoms with E-state index in [1.165, 1.54) is 0 Å². The number of alkyl halides is 3. The molecule has 2 aromatic heterocycles. The Morgan fingerprint density at radius 1 is 1.16 bits per heavy atom. The quantitative estimate of drug-likeness (QED) is 0.792. The lowest BCUT2D eigenvalue weighted by molar-refractivity contribution is -0.141. The first-order valence-corrected chi connectivity index (χ1v) is 8.35. The van der Waals surface area contributed by atoms with Crippen LogP contribution in [0.1, 0.15) is 42.0 Å². The fourth-order valence-electron chi connectivity index (χ4n) is 4.03. The maximum absolute atomic E-state index is 12.9. The molecule has 4 rings (SSSR count). The SMILES string of the molecule is Cc1ncc2c(n1)C1(CCCN(c3cc(C(F)(F)F)ncn3)C1)CC2. The van der Waals surface area contributed by atoms with Gasteiger partial charge in [0, 0.05) is 30.8 Å². The molecule has 0 aromatic carbocycles. The lowest BCUT2D eigenvalue weighted by Gasteiger charge is -2.41. The summed E-state index contributed by atoms with van der Waals surface area (Å²) in [5.41, 5.74) is 1.20. The third-order valence-electron chi connectivity index (χ3n) is 5.20. The van der Waals surface area contributed by atoms with Crippen molar-refractivity contribution in [2.45, 2.75) is 44.2 Å². The number of halogens is 3. The number of hydrogen-bond acceptors (Lipinski definition) is 5. The van der Waals surface area contributed by atoms with E-state index in [1.54, 1.807) is 0 Å². The van der Waals surface area contributed by atoms with Gasteiger partial charge in [-0.3, -0.25) is 0 Å². The molecule has 0 N–H and O–H groups in total. The average molecular weight is 349 g/mol. The smallest absolute Gasteiger partial charge is 0.356 e. The van der Waals surface area contributed by atoms with Crippen LogP contribution in [0, 0.1) is 6.92 Å². The van der Waals surface area contributed by atoms with E-state index in [9.17, 15) is 13.2 Å². The van der Waals surface area contributed by atoms with Crippen molar-refractivity contribution in [1.29, 1.82) is 0 Å². The first-order valence-electron chi connectivity index (χ1n) is 8.35. The second-order valence-electron chi connectivity index (χ2n) is 6.86. The maximum atomic E-state index is 12.9. The largest absolute Gasteiger partial charge is 0.433 e. The molecule has 1 aliphatic carbocycles. The normalized spacial score (nSPS) is 23.1. The maximum Gasteiger partial charge on any atom is 0.433 e. The third kappa shape index (κ3) is 2.83. The molecule has 0 radical (unpaired) electrons. The van der Waals surface area contributed by atoms with Gasteiger partial charge in [0.25, 0.3) is 0 Å². The molecular formula is C17H18F3N5. The van der Waals surface area contributed by atoms with Crippen LogP contribution in [-0.2, 0) is 18.0 Å². The van der Waals surface area contributed by atoms with Gasteiger partial charge in [0.15, 0.2) is 0 Å². The van der Waals surface area contributed by atoms with Crippen molar-refractivity contribution < 1.29 is 13.2 Å². The first-order chi connectivity index (χ1) is 11.9.